The molecule has 2 aromatic heterocycles. The van der Waals surface area contributed by atoms with Crippen LogP contribution in [0.4, 0.5) is 0 Å². The van der Waals surface area contributed by atoms with E-state index in [-0.39, 0.29) is 5.69 Å². The zero-order chi connectivity index (χ0) is 9.97. The first-order valence-electron chi connectivity index (χ1n) is 4.41. The minimum atomic E-state index is -0.0921. The monoisotopic (exact) mass is 189 g/mol. The fraction of sp³-hybridized carbons (Fsp3) is 0.200. The summed E-state index contributed by atoms with van der Waals surface area (Å²) in [5.74, 6) is 0. The summed E-state index contributed by atoms with van der Waals surface area (Å²) in [6.45, 7) is 2.50. The van der Waals surface area contributed by atoms with Crippen molar-refractivity contribution in [2.24, 2.45) is 0 Å². The Labute approximate surface area is 81.2 Å². The third-order valence-corrected chi connectivity index (χ3v) is 2.05. The van der Waals surface area contributed by atoms with Gasteiger partial charge in [-0.1, -0.05) is 6.07 Å². The van der Waals surface area contributed by atoms with Crippen molar-refractivity contribution in [1.82, 2.24) is 14.5 Å². The lowest BCUT2D eigenvalue weighted by atomic mass is 10.2. The Morgan fingerprint density at radius 2 is 2.36 bits per heavy atom. The number of pyridine rings is 1. The Balaban J connectivity index is 2.23. The number of nitrogens with one attached hydrogen (secondary N) is 1. The Morgan fingerprint density at radius 1 is 1.50 bits per heavy atom. The molecule has 14 heavy (non-hydrogen) atoms. The summed E-state index contributed by atoms with van der Waals surface area (Å²) in [7, 11) is 0. The van der Waals surface area contributed by atoms with E-state index in [1.54, 1.807) is 23.2 Å². The summed E-state index contributed by atoms with van der Waals surface area (Å²) in [4.78, 5) is 17.9. The van der Waals surface area contributed by atoms with Crippen LogP contribution in [-0.2, 0) is 6.54 Å². The number of rotatable bonds is 2. The van der Waals surface area contributed by atoms with E-state index in [2.05, 4.69) is 9.97 Å². The highest BCUT2D eigenvalue weighted by Crippen LogP contribution is 2.00. The van der Waals surface area contributed by atoms with Crippen LogP contribution in [0.3, 0.4) is 0 Å². The molecule has 4 heteroatoms. The Hall–Kier alpha value is -1.84. The van der Waals surface area contributed by atoms with Crippen LogP contribution in [0.1, 0.15) is 11.3 Å². The molecule has 2 heterocycles. The van der Waals surface area contributed by atoms with Gasteiger partial charge in [-0.05, 0) is 18.6 Å². The minimum Gasteiger partial charge on any atom is -0.313 e. The largest absolute Gasteiger partial charge is 0.325 e. The molecule has 0 aliphatic carbocycles. The van der Waals surface area contributed by atoms with Crippen molar-refractivity contribution in [3.8, 4) is 0 Å². The van der Waals surface area contributed by atoms with E-state index in [0.29, 0.717) is 6.54 Å². The predicted octanol–water partition coefficient (Wildman–Crippen LogP) is 0.928. The number of hydrogen-bond donors (Lipinski definition) is 1. The summed E-state index contributed by atoms with van der Waals surface area (Å²) in [6, 6.07) is 3.91. The van der Waals surface area contributed by atoms with Crippen LogP contribution in [0, 0.1) is 6.92 Å². The van der Waals surface area contributed by atoms with Crippen LogP contribution in [0.15, 0.2) is 35.5 Å². The zero-order valence-electron chi connectivity index (χ0n) is 7.90. The minimum absolute atomic E-state index is 0.0921. The predicted molar refractivity (Wildman–Crippen MR) is 53.1 cm³/mol. The molecule has 4 nitrogen and oxygen atoms in total. The molecule has 0 saturated heterocycles. The average molecular weight is 189 g/mol. The van der Waals surface area contributed by atoms with Crippen LogP contribution in [0.5, 0.6) is 0 Å². The van der Waals surface area contributed by atoms with Gasteiger partial charge in [-0.3, -0.25) is 9.55 Å². The molecular formula is C10H11N3O. The Kier molecular flexibility index (Phi) is 2.18. The molecule has 0 saturated carbocycles. The number of H-pyrrole nitrogens is 1. The lowest BCUT2D eigenvalue weighted by Gasteiger charge is -2.00. The highest BCUT2D eigenvalue weighted by Gasteiger charge is 1.97. The Bertz CT molecular complexity index is 467. The van der Waals surface area contributed by atoms with Crippen molar-refractivity contribution in [1.29, 1.82) is 0 Å². The molecule has 0 amide bonds. The summed E-state index contributed by atoms with van der Waals surface area (Å²) in [5.41, 5.74) is 1.91. The van der Waals surface area contributed by atoms with E-state index in [1.807, 2.05) is 19.1 Å². The molecule has 0 aromatic carbocycles. The molecule has 2 rings (SSSR count). The van der Waals surface area contributed by atoms with Crippen molar-refractivity contribution in [2.75, 3.05) is 0 Å². The highest BCUT2D eigenvalue weighted by molar-refractivity contribution is 5.13. The molecule has 0 atom stereocenters. The number of aryl methyl sites for hydroxylation is 1. The highest BCUT2D eigenvalue weighted by atomic mass is 16.1. The topological polar surface area (TPSA) is 50.7 Å². The maximum absolute atomic E-state index is 11.2. The van der Waals surface area contributed by atoms with Crippen molar-refractivity contribution >= 4 is 0 Å². The van der Waals surface area contributed by atoms with Gasteiger partial charge in [-0.15, -0.1) is 0 Å². The second-order valence-corrected chi connectivity index (χ2v) is 3.20. The maximum Gasteiger partial charge on any atom is 0.325 e. The second-order valence-electron chi connectivity index (χ2n) is 3.20. The molecular weight excluding hydrogens is 178 g/mol. The van der Waals surface area contributed by atoms with E-state index in [0.717, 1.165) is 11.3 Å². The third kappa shape index (κ3) is 1.74. The third-order valence-electron chi connectivity index (χ3n) is 2.05. The van der Waals surface area contributed by atoms with Gasteiger partial charge in [0.15, 0.2) is 0 Å². The molecule has 0 aliphatic heterocycles. The summed E-state index contributed by atoms with van der Waals surface area (Å²) in [6.07, 6.45) is 5.14. The number of imidazole rings is 1. The summed E-state index contributed by atoms with van der Waals surface area (Å²) in [5, 5.41) is 0. The van der Waals surface area contributed by atoms with Crippen molar-refractivity contribution in [2.45, 2.75) is 13.5 Å². The summed E-state index contributed by atoms with van der Waals surface area (Å²) >= 11 is 0. The van der Waals surface area contributed by atoms with Gasteiger partial charge in [0.05, 0.1) is 6.54 Å². The van der Waals surface area contributed by atoms with Gasteiger partial charge < -0.3 is 4.98 Å². The fourth-order valence-electron chi connectivity index (χ4n) is 1.26. The average Bonchev–Trinajstić information content (AvgIpc) is 2.56. The standard InChI is InChI=1S/C10H11N3O/c1-8-2-3-9(6-12-8)7-13-5-4-11-10(13)14/h2-6H,7H2,1H3,(H,11,14). The van der Waals surface area contributed by atoms with Crippen LogP contribution in [0.25, 0.3) is 0 Å². The first kappa shape index (κ1) is 8.74. The first-order chi connectivity index (χ1) is 6.75. The SMILES string of the molecule is Cc1ccc(Cn2cc[nH]c2=O)cn1. The number of aromatic amines is 1. The van der Waals surface area contributed by atoms with Gasteiger partial charge in [-0.2, -0.15) is 0 Å². The lowest BCUT2D eigenvalue weighted by molar-refractivity contribution is 0.758. The van der Waals surface area contributed by atoms with Crippen LogP contribution >= 0.6 is 0 Å². The van der Waals surface area contributed by atoms with Gasteiger partial charge in [-0.25, -0.2) is 4.79 Å². The zero-order valence-corrected chi connectivity index (χ0v) is 7.90. The normalized spacial score (nSPS) is 10.4. The molecule has 0 spiro atoms. The second kappa shape index (κ2) is 3.49. The van der Waals surface area contributed by atoms with Gasteiger partial charge in [0.1, 0.15) is 0 Å². The van der Waals surface area contributed by atoms with Crippen LogP contribution < -0.4 is 5.69 Å². The van der Waals surface area contributed by atoms with Crippen LogP contribution in [-0.4, -0.2) is 14.5 Å². The van der Waals surface area contributed by atoms with Crippen molar-refractivity contribution in [3.05, 3.63) is 52.5 Å². The quantitative estimate of drug-likeness (QED) is 0.764. The molecule has 72 valence electrons. The fourth-order valence-corrected chi connectivity index (χ4v) is 1.26. The molecule has 0 fully saturated rings. The number of hydrogen-bond acceptors (Lipinski definition) is 2. The smallest absolute Gasteiger partial charge is 0.313 e. The van der Waals surface area contributed by atoms with E-state index >= 15 is 0 Å². The van der Waals surface area contributed by atoms with Gasteiger partial charge in [0.25, 0.3) is 0 Å². The number of aromatic nitrogens is 3. The number of nitrogens with zero attached hydrogens (tertiary/aromatic N) is 2. The maximum atomic E-state index is 11.2. The molecule has 2 aromatic rings. The molecule has 0 aliphatic rings. The van der Waals surface area contributed by atoms with Gasteiger partial charge in [0.2, 0.25) is 0 Å². The van der Waals surface area contributed by atoms with E-state index in [9.17, 15) is 4.79 Å². The van der Waals surface area contributed by atoms with Crippen molar-refractivity contribution < 1.29 is 0 Å². The van der Waals surface area contributed by atoms with Gasteiger partial charge >= 0.3 is 5.69 Å². The lowest BCUT2D eigenvalue weighted by Crippen LogP contribution is -2.16. The van der Waals surface area contributed by atoms with Gasteiger partial charge in [0, 0.05) is 24.3 Å². The molecule has 0 unspecified atom stereocenters. The first-order valence-corrected chi connectivity index (χ1v) is 4.41. The Morgan fingerprint density at radius 3 is 2.93 bits per heavy atom. The molecule has 0 radical (unpaired) electrons. The van der Waals surface area contributed by atoms with E-state index in [4.69, 9.17) is 0 Å². The van der Waals surface area contributed by atoms with Crippen LogP contribution in [0.2, 0.25) is 0 Å². The van der Waals surface area contributed by atoms with E-state index < -0.39 is 0 Å². The van der Waals surface area contributed by atoms with E-state index in [1.165, 1.54) is 0 Å². The molecule has 1 N–H and O–H groups in total. The molecule has 0 bridgehead atoms. The van der Waals surface area contributed by atoms with Crippen molar-refractivity contribution in [3.63, 3.8) is 0 Å². The summed E-state index contributed by atoms with van der Waals surface area (Å²) < 4.78 is 1.60.